The quantitative estimate of drug-likeness (QED) is 0.554. The molecule has 1 aliphatic heterocycles. The molecule has 0 saturated carbocycles. The van der Waals surface area contributed by atoms with Gasteiger partial charge in [-0.25, -0.2) is 8.42 Å². The summed E-state index contributed by atoms with van der Waals surface area (Å²) in [5, 5.41) is 2.54. The zero-order valence-corrected chi connectivity index (χ0v) is 19.4. The Labute approximate surface area is 187 Å². The van der Waals surface area contributed by atoms with Crippen molar-refractivity contribution in [3.63, 3.8) is 0 Å². The van der Waals surface area contributed by atoms with Crippen LogP contribution in [0.3, 0.4) is 0 Å². The first-order valence-corrected chi connectivity index (χ1v) is 12.0. The molecule has 0 aromatic heterocycles. The molecule has 2 rings (SSSR count). The van der Waals surface area contributed by atoms with Crippen molar-refractivity contribution in [1.82, 2.24) is 9.21 Å². The molecule has 0 atom stereocenters. The van der Waals surface area contributed by atoms with Gasteiger partial charge in [0.05, 0.1) is 16.3 Å². The van der Waals surface area contributed by atoms with E-state index < -0.39 is 35.3 Å². The lowest BCUT2D eigenvalue weighted by Crippen LogP contribution is -2.46. The second kappa shape index (κ2) is 11.3. The molecule has 0 unspecified atom stereocenters. The predicted molar refractivity (Wildman–Crippen MR) is 116 cm³/mol. The van der Waals surface area contributed by atoms with Crippen molar-refractivity contribution in [2.24, 2.45) is 0 Å². The number of piperazine rings is 1. The van der Waals surface area contributed by atoms with Gasteiger partial charge in [0.25, 0.3) is 0 Å². The monoisotopic (exact) mass is 480 g/mol. The number of sulfonamides is 1. The summed E-state index contributed by atoms with van der Waals surface area (Å²) in [6, 6.07) is 4.48. The molecular weight excluding hydrogens is 449 g/mol. The molecule has 1 fully saturated rings. The molecule has 1 aliphatic rings. The van der Waals surface area contributed by atoms with Gasteiger partial charge in [0.15, 0.2) is 0 Å². The van der Waals surface area contributed by atoms with Crippen molar-refractivity contribution in [3.8, 4) is 0 Å². The lowest BCUT2D eigenvalue weighted by molar-refractivity contribution is -0.174. The van der Waals surface area contributed by atoms with Gasteiger partial charge in [0, 0.05) is 39.3 Å². The third kappa shape index (κ3) is 7.06. The number of amides is 1. The van der Waals surface area contributed by atoms with E-state index in [4.69, 9.17) is 0 Å². The summed E-state index contributed by atoms with van der Waals surface area (Å²) < 4.78 is 68.4. The van der Waals surface area contributed by atoms with Crippen LogP contribution in [0.1, 0.15) is 20.8 Å². The fourth-order valence-electron chi connectivity index (χ4n) is 3.51. The molecule has 1 aromatic carbocycles. The van der Waals surface area contributed by atoms with Crippen molar-refractivity contribution >= 4 is 27.3 Å². The molecule has 0 aliphatic carbocycles. The van der Waals surface area contributed by atoms with Crippen LogP contribution in [0.2, 0.25) is 0 Å². The number of hydrogen-bond acceptors (Lipinski definition) is 6. The molecule has 1 saturated heterocycles. The van der Waals surface area contributed by atoms with Crippen LogP contribution in [0.25, 0.3) is 0 Å². The fourth-order valence-corrected chi connectivity index (χ4v) is 5.00. The van der Waals surface area contributed by atoms with Crippen LogP contribution in [-0.4, -0.2) is 88.7 Å². The van der Waals surface area contributed by atoms with E-state index >= 15 is 0 Å². The van der Waals surface area contributed by atoms with Crippen LogP contribution in [0.15, 0.2) is 23.1 Å². The Morgan fingerprint density at radius 2 is 1.75 bits per heavy atom. The SMILES string of the molecule is CCN1CCN(c2ccc(S(=O)(=O)N(CC)CC)cc2NC(=O)COCC(F)(F)F)CC1. The highest BCUT2D eigenvalue weighted by molar-refractivity contribution is 7.89. The molecule has 1 heterocycles. The summed E-state index contributed by atoms with van der Waals surface area (Å²) in [5.74, 6) is -0.792. The Balaban J connectivity index is 2.30. The number of hydrogen-bond donors (Lipinski definition) is 1. The molecule has 0 radical (unpaired) electrons. The molecule has 1 N–H and O–H groups in total. The second-order valence-electron chi connectivity index (χ2n) is 7.35. The van der Waals surface area contributed by atoms with Crippen LogP contribution in [-0.2, 0) is 19.6 Å². The summed E-state index contributed by atoms with van der Waals surface area (Å²) in [6.07, 6.45) is -4.54. The zero-order chi connectivity index (χ0) is 23.9. The first-order valence-electron chi connectivity index (χ1n) is 10.6. The normalized spacial score (nSPS) is 15.9. The maximum atomic E-state index is 12.9. The van der Waals surface area contributed by atoms with E-state index in [9.17, 15) is 26.4 Å². The van der Waals surface area contributed by atoms with E-state index in [-0.39, 0.29) is 23.7 Å². The number of halogens is 3. The molecule has 0 bridgehead atoms. The lowest BCUT2D eigenvalue weighted by Gasteiger charge is -2.36. The van der Waals surface area contributed by atoms with E-state index in [2.05, 4.69) is 21.9 Å². The average Bonchev–Trinajstić information content (AvgIpc) is 2.73. The largest absolute Gasteiger partial charge is 0.411 e. The van der Waals surface area contributed by atoms with Crippen molar-refractivity contribution < 1.29 is 31.1 Å². The molecule has 32 heavy (non-hydrogen) atoms. The van der Waals surface area contributed by atoms with Crippen molar-refractivity contribution in [1.29, 1.82) is 0 Å². The number of carbonyl (C=O) groups excluding carboxylic acids is 1. The van der Waals surface area contributed by atoms with Crippen LogP contribution in [0, 0.1) is 0 Å². The Morgan fingerprint density at radius 1 is 1.12 bits per heavy atom. The number of benzene rings is 1. The van der Waals surface area contributed by atoms with Crippen molar-refractivity contribution in [3.05, 3.63) is 18.2 Å². The third-order valence-corrected chi connectivity index (χ3v) is 7.29. The zero-order valence-electron chi connectivity index (χ0n) is 18.6. The predicted octanol–water partition coefficient (Wildman–Crippen LogP) is 2.38. The van der Waals surface area contributed by atoms with Gasteiger partial charge in [-0.2, -0.15) is 17.5 Å². The first-order chi connectivity index (χ1) is 15.0. The van der Waals surface area contributed by atoms with Crippen molar-refractivity contribution in [2.75, 3.05) is 69.2 Å². The number of anilines is 2. The standard InChI is InChI=1S/C20H31F3N4O4S/c1-4-25-9-11-26(12-10-25)18-8-7-16(32(29,30)27(5-2)6-3)13-17(18)24-19(28)14-31-15-20(21,22)23/h7-8,13H,4-6,9-12,14-15H2,1-3H3,(H,24,28). The molecule has 1 aromatic rings. The highest BCUT2D eigenvalue weighted by Gasteiger charge is 2.28. The van der Waals surface area contributed by atoms with Crippen molar-refractivity contribution in [2.45, 2.75) is 31.8 Å². The van der Waals surface area contributed by atoms with Crippen LogP contribution in [0.5, 0.6) is 0 Å². The molecule has 182 valence electrons. The Bertz CT molecular complexity index is 868. The highest BCUT2D eigenvalue weighted by Crippen LogP contribution is 2.31. The number of likely N-dealkylation sites (N-methyl/N-ethyl adjacent to an activating group) is 1. The minimum Gasteiger partial charge on any atom is -0.367 e. The molecule has 8 nitrogen and oxygen atoms in total. The molecule has 12 heteroatoms. The van der Waals surface area contributed by atoms with Crippen LogP contribution < -0.4 is 10.2 Å². The maximum absolute atomic E-state index is 12.9. The Hall–Kier alpha value is -1.89. The number of nitrogens with zero attached hydrogens (tertiary/aromatic N) is 3. The van der Waals surface area contributed by atoms with Gasteiger partial charge in [0.2, 0.25) is 15.9 Å². The molecule has 1 amide bonds. The average molecular weight is 481 g/mol. The van der Waals surface area contributed by atoms with Gasteiger partial charge in [-0.3, -0.25) is 4.79 Å². The summed E-state index contributed by atoms with van der Waals surface area (Å²) in [6.45, 7) is 7.61. The fraction of sp³-hybridized carbons (Fsp3) is 0.650. The third-order valence-electron chi connectivity index (χ3n) is 5.24. The number of carbonyl (C=O) groups is 1. The highest BCUT2D eigenvalue weighted by atomic mass is 32.2. The van der Waals surface area contributed by atoms with Gasteiger partial charge in [0.1, 0.15) is 13.2 Å². The van der Waals surface area contributed by atoms with Gasteiger partial charge in [-0.1, -0.05) is 20.8 Å². The summed E-state index contributed by atoms with van der Waals surface area (Å²) in [5.41, 5.74) is 0.840. The Morgan fingerprint density at radius 3 is 2.28 bits per heavy atom. The van der Waals surface area contributed by atoms with Gasteiger partial charge >= 0.3 is 6.18 Å². The van der Waals surface area contributed by atoms with E-state index in [0.29, 0.717) is 18.8 Å². The topological polar surface area (TPSA) is 82.2 Å². The minimum absolute atomic E-state index is 0.00338. The number of ether oxygens (including phenoxy) is 1. The number of alkyl halides is 3. The Kier molecular flexibility index (Phi) is 9.31. The molecule has 0 spiro atoms. The van der Waals surface area contributed by atoms with E-state index in [1.54, 1.807) is 19.9 Å². The van der Waals surface area contributed by atoms with Gasteiger partial charge < -0.3 is 19.9 Å². The van der Waals surface area contributed by atoms with Gasteiger partial charge in [-0.05, 0) is 24.7 Å². The van der Waals surface area contributed by atoms with Crippen LogP contribution >= 0.6 is 0 Å². The summed E-state index contributed by atoms with van der Waals surface area (Å²) in [4.78, 5) is 16.5. The summed E-state index contributed by atoms with van der Waals surface area (Å²) in [7, 11) is -3.78. The molecular formula is C20H31F3N4O4S. The lowest BCUT2D eigenvalue weighted by atomic mass is 10.2. The van der Waals surface area contributed by atoms with E-state index in [0.717, 1.165) is 19.6 Å². The first kappa shape index (κ1) is 26.4. The summed E-state index contributed by atoms with van der Waals surface area (Å²) >= 11 is 0. The smallest absolute Gasteiger partial charge is 0.367 e. The van der Waals surface area contributed by atoms with Gasteiger partial charge in [-0.15, -0.1) is 0 Å². The second-order valence-corrected chi connectivity index (χ2v) is 9.28. The van der Waals surface area contributed by atoms with Crippen LogP contribution in [0.4, 0.5) is 24.5 Å². The maximum Gasteiger partial charge on any atom is 0.411 e. The minimum atomic E-state index is -4.54. The number of rotatable bonds is 10. The number of nitrogens with one attached hydrogen (secondary N) is 1. The van der Waals surface area contributed by atoms with E-state index in [1.165, 1.54) is 16.4 Å². The van der Waals surface area contributed by atoms with E-state index in [1.807, 2.05) is 4.90 Å².